The van der Waals surface area contributed by atoms with E-state index in [0.717, 1.165) is 17.1 Å². The van der Waals surface area contributed by atoms with Crippen molar-refractivity contribution >= 4 is 53.6 Å². The maximum Gasteiger partial charge on any atom is 0.408 e. The number of nitrogens with zero attached hydrogens (tertiary/aromatic N) is 3. The zero-order chi connectivity index (χ0) is 62.4. The average molecular weight is 1110 g/mol. The first-order valence-corrected chi connectivity index (χ1v) is 37.6. The van der Waals surface area contributed by atoms with E-state index in [9.17, 15) is 9.59 Å². The quantitative estimate of drug-likeness (QED) is 0.143. The lowest BCUT2D eigenvalue weighted by Crippen LogP contribution is -2.43. The Bertz CT molecular complexity index is 1490. The Balaban J connectivity index is -0.000000112. The van der Waals surface area contributed by atoms with Gasteiger partial charge in [-0.3, -0.25) is 9.79 Å². The summed E-state index contributed by atoms with van der Waals surface area (Å²) >= 11 is 0. The number of carbonyl (C=O) groups excluding carboxylic acids is 2. The van der Waals surface area contributed by atoms with Gasteiger partial charge in [-0.1, -0.05) is 119 Å². The number of carbonyl (C=O) groups is 2. The van der Waals surface area contributed by atoms with Gasteiger partial charge in [-0.2, -0.15) is 5.10 Å². The predicted octanol–water partition coefficient (Wildman–Crippen LogP) is 18.9. The van der Waals surface area contributed by atoms with Gasteiger partial charge < -0.3 is 30.1 Å². The fourth-order valence-corrected chi connectivity index (χ4v) is 6.61. The second-order valence-electron chi connectivity index (χ2n) is 32.1. The first kappa shape index (κ1) is 88.3. The number of oxime groups is 1. The normalized spacial score (nSPS) is 12.4. The number of hydrogen-bond donors (Lipinski definition) is 3. The van der Waals surface area contributed by atoms with Crippen LogP contribution in [0.25, 0.3) is 0 Å². The van der Waals surface area contributed by atoms with Crippen molar-refractivity contribution in [3.05, 3.63) is 11.8 Å². The molecule has 0 radical (unpaired) electrons. The third-order valence-corrected chi connectivity index (χ3v) is 14.4. The van der Waals surface area contributed by atoms with Crippen LogP contribution in [-0.2, 0) is 18.8 Å². The molecule has 11 nitrogen and oxygen atoms in total. The molecule has 0 bridgehead atoms. The summed E-state index contributed by atoms with van der Waals surface area (Å²) < 4.78 is 10.8. The number of hydrazone groups is 1. The van der Waals surface area contributed by atoms with Crippen molar-refractivity contribution in [3.63, 3.8) is 0 Å². The van der Waals surface area contributed by atoms with Gasteiger partial charge in [0, 0.05) is 49.6 Å². The Labute approximate surface area is 468 Å². The number of hydrogen-bond acceptors (Lipinski definition) is 9. The molecule has 0 aliphatic heterocycles. The van der Waals surface area contributed by atoms with Crippen LogP contribution in [0.4, 0.5) is 4.79 Å². The molecule has 0 aromatic heterocycles. The van der Waals surface area contributed by atoms with Crippen molar-refractivity contribution in [2.24, 2.45) is 26.1 Å². The molecule has 0 atom stereocenters. The molecule has 0 aliphatic rings. The first-order valence-electron chi connectivity index (χ1n) is 27.1. The molecule has 448 valence electrons. The van der Waals surface area contributed by atoms with Crippen LogP contribution < -0.4 is 16.1 Å². The topological polar surface area (TPSA) is 135 Å². The van der Waals surface area contributed by atoms with Crippen molar-refractivity contribution in [1.29, 1.82) is 0 Å². The van der Waals surface area contributed by atoms with E-state index < -0.39 is 30.1 Å². The molecule has 0 unspecified atom stereocenters. The van der Waals surface area contributed by atoms with Crippen molar-refractivity contribution < 1.29 is 23.6 Å². The molecule has 14 heteroatoms. The van der Waals surface area contributed by atoms with Gasteiger partial charge in [-0.15, -0.1) is 0 Å². The van der Waals surface area contributed by atoms with Crippen molar-refractivity contribution in [1.82, 2.24) is 16.1 Å². The average Bonchev–Trinajstić information content (AvgIpc) is 3.00. The van der Waals surface area contributed by atoms with E-state index in [2.05, 4.69) is 206 Å². The lowest BCUT2D eigenvalue weighted by Gasteiger charge is -2.32. The molecule has 0 aliphatic carbocycles. The van der Waals surface area contributed by atoms with Crippen molar-refractivity contribution in [2.45, 2.75) is 332 Å². The minimum absolute atomic E-state index is 0.0461. The molecule has 0 saturated heterocycles. The molecule has 0 fully saturated rings. The highest BCUT2D eigenvalue weighted by molar-refractivity contribution is 6.81. The molecule has 3 N–H and O–H groups in total. The van der Waals surface area contributed by atoms with Gasteiger partial charge in [0.1, 0.15) is 11.2 Å². The Kier molecular flexibility index (Phi) is 43.8. The number of alkyl carbamates (subject to hydrolysis) is 1. The molecule has 0 aromatic carbocycles. The largest absolute Gasteiger partial charge is 0.444 e. The zero-order valence-electron chi connectivity index (χ0n) is 58.2. The zero-order valence-corrected chi connectivity index (χ0v) is 61.2. The first-order chi connectivity index (χ1) is 31.5. The molecule has 0 aromatic rings. The van der Waals surface area contributed by atoms with E-state index in [4.69, 9.17) is 14.0 Å². The highest BCUT2D eigenvalue weighted by Crippen LogP contribution is 2.35. The molecule has 0 spiro atoms. The van der Waals surface area contributed by atoms with Crippen LogP contribution >= 0.6 is 0 Å². The Morgan fingerprint density at radius 3 is 1.00 bits per heavy atom. The standard InChI is InChI=1S/C9H19NO2.C9H20Si.C7H16N2.2C7H15NO.C7H15N.C7H18OSi.C7H18Si/c1-8(2,3)10-7(11)12-9(4,5)6;1-9(2,3)7-8-10(4,5)6;1-6(2)8-9-7(3,4)5;1-7(2,3)5-6(9)8-4;1-6(2)8-9-7(3,4)5;1-6(2)8-7(3,4)5;1-7(2,3)8-9(4,5)6;1-7(2,3)8(4,5)6/h1-6H3,(H,10,11);7-8H,1-6H3;9H,1-5H3;5H2,1-4H3,(H,8,9);1-5H3;1-5H3;1-6H3;1-6H3/b;8-7-;;;;;;. The molecule has 0 saturated carbocycles. The Morgan fingerprint density at radius 1 is 0.527 bits per heavy atom. The van der Waals surface area contributed by atoms with Crippen LogP contribution in [0, 0.1) is 10.8 Å². The third-order valence-electron chi connectivity index (χ3n) is 7.47. The minimum Gasteiger partial charge on any atom is -0.444 e. The van der Waals surface area contributed by atoms with Crippen molar-refractivity contribution in [2.75, 3.05) is 7.05 Å². The van der Waals surface area contributed by atoms with Crippen LogP contribution in [0.5, 0.6) is 0 Å². The summed E-state index contributed by atoms with van der Waals surface area (Å²) in [6.45, 7) is 88.6. The molecule has 2 amide bonds. The fraction of sp³-hybridized carbons (Fsp3) is 0.883. The maximum atomic E-state index is 11.1. The van der Waals surface area contributed by atoms with Gasteiger partial charge in [-0.25, -0.2) is 4.79 Å². The number of allylic oxidation sites excluding steroid dienone is 1. The van der Waals surface area contributed by atoms with Gasteiger partial charge in [0.2, 0.25) is 5.91 Å². The summed E-state index contributed by atoms with van der Waals surface area (Å²) in [4.78, 5) is 31.3. The van der Waals surface area contributed by atoms with E-state index in [1.54, 1.807) is 7.05 Å². The highest BCUT2D eigenvalue weighted by atomic mass is 28.4. The Hall–Kier alpha value is -2.30. The third kappa shape index (κ3) is 114. The minimum atomic E-state index is -1.29. The van der Waals surface area contributed by atoms with E-state index >= 15 is 0 Å². The van der Waals surface area contributed by atoms with Crippen LogP contribution in [0.2, 0.25) is 64.0 Å². The summed E-state index contributed by atoms with van der Waals surface area (Å²) in [6.07, 6.45) is 2.57. The van der Waals surface area contributed by atoms with Crippen molar-refractivity contribution in [3.8, 4) is 0 Å². The second-order valence-corrected chi connectivity index (χ2v) is 47.6. The molecule has 0 rings (SSSR count). The molecule has 74 heavy (non-hydrogen) atoms. The summed E-state index contributed by atoms with van der Waals surface area (Å²) in [5, 5.41) is 13.7. The van der Waals surface area contributed by atoms with E-state index in [-0.39, 0.29) is 45.2 Å². The monoisotopic (exact) mass is 1100 g/mol. The van der Waals surface area contributed by atoms with Gasteiger partial charge >= 0.3 is 6.09 Å². The van der Waals surface area contributed by atoms with Crippen LogP contribution in [-0.4, -0.2) is 94.1 Å². The second kappa shape index (κ2) is 36.7. The number of aliphatic imine (C=N–C) groups is 1. The van der Waals surface area contributed by atoms with E-state index in [0.29, 0.717) is 16.9 Å². The predicted molar refractivity (Wildman–Crippen MR) is 346 cm³/mol. The van der Waals surface area contributed by atoms with E-state index in [1.165, 1.54) is 0 Å². The SMILES string of the molecule is CC(C)(C)/C=C\[Si](C)(C)C.CC(C)(C)NC(=O)OC(C)(C)C.CC(C)(C)O[Si](C)(C)C.CC(C)(C)[Si](C)(C)C.CC(C)=NC(C)(C)C.CC(C)=NNC(C)(C)C.CC(C)=NOC(C)(C)C.CNC(=O)CC(C)(C)C. The lowest BCUT2D eigenvalue weighted by atomic mass is 9.92. The summed E-state index contributed by atoms with van der Waals surface area (Å²) in [6, 6.07) is 0. The summed E-state index contributed by atoms with van der Waals surface area (Å²) in [5.74, 6) is 0.113. The van der Waals surface area contributed by atoms with Gasteiger partial charge in [0.05, 0.1) is 19.3 Å². The number of ether oxygens (including phenoxy) is 1. The molecular weight excluding hydrogens is 969 g/mol. The smallest absolute Gasteiger partial charge is 0.408 e. The van der Waals surface area contributed by atoms with Gasteiger partial charge in [0.15, 0.2) is 8.32 Å². The lowest BCUT2D eigenvalue weighted by molar-refractivity contribution is -0.122. The number of nitrogens with one attached hydrogen (secondary N) is 3. The highest BCUT2D eigenvalue weighted by Gasteiger charge is 2.29. The summed E-state index contributed by atoms with van der Waals surface area (Å²) in [5.41, 5.74) is 8.49. The van der Waals surface area contributed by atoms with Crippen LogP contribution in [0.3, 0.4) is 0 Å². The number of amides is 2. The number of rotatable bonds is 5. The van der Waals surface area contributed by atoms with Gasteiger partial charge in [0.25, 0.3) is 0 Å². The Morgan fingerprint density at radius 2 is 0.905 bits per heavy atom. The van der Waals surface area contributed by atoms with Crippen LogP contribution in [0.1, 0.15) is 235 Å². The van der Waals surface area contributed by atoms with Crippen LogP contribution in [0.15, 0.2) is 27.0 Å². The summed E-state index contributed by atoms with van der Waals surface area (Å²) in [7, 11) is -1.44. The van der Waals surface area contributed by atoms with Gasteiger partial charge in [-0.05, 0) is 202 Å². The van der Waals surface area contributed by atoms with E-state index in [1.807, 2.05) is 125 Å². The molecular formula is C60H136N6O5Si3. The molecule has 0 heterocycles. The fourth-order valence-electron chi connectivity index (χ4n) is 3.78. The maximum absolute atomic E-state index is 11.1.